The minimum absolute atomic E-state index is 0.000966. The molecule has 6 heteroatoms. The zero-order chi connectivity index (χ0) is 18.1. The van der Waals surface area contributed by atoms with Gasteiger partial charge in [-0.3, -0.25) is 4.79 Å². The van der Waals surface area contributed by atoms with E-state index in [4.69, 9.17) is 0 Å². The van der Waals surface area contributed by atoms with Crippen molar-refractivity contribution in [3.05, 3.63) is 18.1 Å². The fourth-order valence-corrected chi connectivity index (χ4v) is 3.80. The van der Waals surface area contributed by atoms with E-state index in [0.29, 0.717) is 25.3 Å². The molecule has 0 bridgehead atoms. The van der Waals surface area contributed by atoms with Crippen LogP contribution in [0.4, 0.5) is 10.2 Å². The van der Waals surface area contributed by atoms with Crippen LogP contribution in [0.25, 0.3) is 0 Å². The van der Waals surface area contributed by atoms with Crippen LogP contribution in [0, 0.1) is 5.41 Å². The molecule has 1 heterocycles. The first-order valence-corrected chi connectivity index (χ1v) is 9.34. The number of nitrogens with one attached hydrogen (secondary N) is 2. The largest absolute Gasteiger partial charge is 0.364 e. The topological polar surface area (TPSA) is 66.9 Å². The lowest BCUT2D eigenvalue weighted by Crippen LogP contribution is -2.51. The van der Waals surface area contributed by atoms with Crippen molar-refractivity contribution in [2.45, 2.75) is 76.9 Å². The highest BCUT2D eigenvalue weighted by molar-refractivity contribution is 5.83. The Hall–Kier alpha value is -1.72. The molecule has 2 aliphatic rings. The Bertz CT molecular complexity index is 624. The van der Waals surface area contributed by atoms with Gasteiger partial charge < -0.3 is 10.6 Å². The minimum atomic E-state index is -0.816. The van der Waals surface area contributed by atoms with Crippen molar-refractivity contribution in [3.8, 4) is 0 Å². The van der Waals surface area contributed by atoms with E-state index in [2.05, 4.69) is 34.4 Å². The molecule has 0 aliphatic heterocycles. The summed E-state index contributed by atoms with van der Waals surface area (Å²) in [7, 11) is 0. The van der Waals surface area contributed by atoms with Crippen LogP contribution in [-0.4, -0.2) is 34.1 Å². The molecule has 2 fully saturated rings. The third kappa shape index (κ3) is 3.93. The lowest BCUT2D eigenvalue weighted by Gasteiger charge is -2.44. The van der Waals surface area contributed by atoms with Crippen molar-refractivity contribution in [2.75, 3.05) is 11.9 Å². The van der Waals surface area contributed by atoms with Crippen LogP contribution in [0.1, 0.15) is 70.9 Å². The molecule has 0 radical (unpaired) electrons. The molecule has 1 amide bonds. The molecule has 2 aliphatic carbocycles. The van der Waals surface area contributed by atoms with Gasteiger partial charge in [0.2, 0.25) is 5.91 Å². The van der Waals surface area contributed by atoms with E-state index in [9.17, 15) is 9.18 Å². The highest BCUT2D eigenvalue weighted by Crippen LogP contribution is 2.43. The molecule has 1 aromatic heterocycles. The molecule has 0 unspecified atom stereocenters. The summed E-state index contributed by atoms with van der Waals surface area (Å²) >= 11 is 0. The van der Waals surface area contributed by atoms with E-state index < -0.39 is 11.6 Å². The number of anilines is 1. The molecule has 138 valence electrons. The lowest BCUT2D eigenvalue weighted by atomic mass is 9.68. The standard InChI is InChI=1S/C19H29FN4O/c1-13(2)15-9-16(23-12-22-15)24-19(5-4-6-19)7-8-21-17(25)18(3)10-14(20)11-18/h9,12-14H,4-8,10-11H2,1-3H3,(H,21,25)(H,22,23,24). The summed E-state index contributed by atoms with van der Waals surface area (Å²) in [5.74, 6) is 1.21. The quantitative estimate of drug-likeness (QED) is 0.790. The predicted molar refractivity (Wildman–Crippen MR) is 96.2 cm³/mol. The Labute approximate surface area is 149 Å². The SMILES string of the molecule is CC(C)c1cc(NC2(CCNC(=O)C3(C)CC(F)C3)CCC2)ncn1. The monoisotopic (exact) mass is 348 g/mol. The van der Waals surface area contributed by atoms with Crippen LogP contribution in [0.3, 0.4) is 0 Å². The van der Waals surface area contributed by atoms with Gasteiger partial charge in [0, 0.05) is 23.8 Å². The molecule has 0 spiro atoms. The van der Waals surface area contributed by atoms with Crippen molar-refractivity contribution >= 4 is 11.7 Å². The number of halogens is 1. The van der Waals surface area contributed by atoms with Crippen molar-refractivity contribution < 1.29 is 9.18 Å². The molecule has 0 aromatic carbocycles. The van der Waals surface area contributed by atoms with Gasteiger partial charge >= 0.3 is 0 Å². The Morgan fingerprint density at radius 3 is 2.64 bits per heavy atom. The number of hydrogen-bond acceptors (Lipinski definition) is 4. The van der Waals surface area contributed by atoms with Gasteiger partial charge in [0.1, 0.15) is 18.3 Å². The first-order valence-electron chi connectivity index (χ1n) is 9.34. The summed E-state index contributed by atoms with van der Waals surface area (Å²) < 4.78 is 13.1. The van der Waals surface area contributed by atoms with E-state index in [-0.39, 0.29) is 11.4 Å². The van der Waals surface area contributed by atoms with E-state index in [0.717, 1.165) is 30.8 Å². The second kappa shape index (κ2) is 6.89. The van der Waals surface area contributed by atoms with Crippen LogP contribution < -0.4 is 10.6 Å². The second-order valence-electron chi connectivity index (χ2n) is 8.31. The number of aromatic nitrogens is 2. The van der Waals surface area contributed by atoms with Crippen molar-refractivity contribution in [2.24, 2.45) is 5.41 Å². The molecular weight excluding hydrogens is 319 g/mol. The highest BCUT2D eigenvalue weighted by Gasteiger charge is 2.46. The predicted octanol–water partition coefficient (Wildman–Crippen LogP) is 3.58. The fraction of sp³-hybridized carbons (Fsp3) is 0.737. The average molecular weight is 348 g/mol. The second-order valence-corrected chi connectivity index (χ2v) is 8.31. The van der Waals surface area contributed by atoms with E-state index in [1.165, 1.54) is 6.42 Å². The molecule has 3 rings (SSSR count). The van der Waals surface area contributed by atoms with Gasteiger partial charge in [-0.15, -0.1) is 0 Å². The molecular formula is C19H29FN4O. The first-order chi connectivity index (χ1) is 11.8. The van der Waals surface area contributed by atoms with Gasteiger partial charge in [-0.25, -0.2) is 14.4 Å². The molecule has 0 saturated heterocycles. The molecule has 2 N–H and O–H groups in total. The van der Waals surface area contributed by atoms with E-state index >= 15 is 0 Å². The van der Waals surface area contributed by atoms with Gasteiger partial charge in [-0.05, 0) is 44.4 Å². The summed E-state index contributed by atoms with van der Waals surface area (Å²) in [5.41, 5.74) is 0.510. The number of nitrogens with zero attached hydrogens (tertiary/aromatic N) is 2. The van der Waals surface area contributed by atoms with Crippen molar-refractivity contribution in [1.82, 2.24) is 15.3 Å². The third-order valence-electron chi connectivity index (χ3n) is 5.76. The summed E-state index contributed by atoms with van der Waals surface area (Å²) in [4.78, 5) is 20.9. The molecule has 25 heavy (non-hydrogen) atoms. The maximum atomic E-state index is 13.1. The molecule has 1 aromatic rings. The van der Waals surface area contributed by atoms with Crippen LogP contribution in [-0.2, 0) is 4.79 Å². The zero-order valence-electron chi connectivity index (χ0n) is 15.4. The average Bonchev–Trinajstić information content (AvgIpc) is 2.51. The molecule has 2 saturated carbocycles. The fourth-order valence-electron chi connectivity index (χ4n) is 3.80. The molecule has 5 nitrogen and oxygen atoms in total. The number of carbonyl (C=O) groups is 1. The van der Waals surface area contributed by atoms with Gasteiger partial charge in [0.25, 0.3) is 0 Å². The Morgan fingerprint density at radius 1 is 1.36 bits per heavy atom. The van der Waals surface area contributed by atoms with Gasteiger partial charge in [-0.2, -0.15) is 0 Å². The highest BCUT2D eigenvalue weighted by atomic mass is 19.1. The summed E-state index contributed by atoms with van der Waals surface area (Å²) in [6.45, 7) is 6.69. The molecule has 0 atom stereocenters. The number of rotatable bonds is 7. The lowest BCUT2D eigenvalue weighted by molar-refractivity contribution is -0.138. The summed E-state index contributed by atoms with van der Waals surface area (Å²) in [5, 5.41) is 6.58. The van der Waals surface area contributed by atoms with Crippen LogP contribution in [0.15, 0.2) is 12.4 Å². The summed E-state index contributed by atoms with van der Waals surface area (Å²) in [6.07, 6.45) is 5.68. The Morgan fingerprint density at radius 2 is 2.08 bits per heavy atom. The number of carbonyl (C=O) groups excluding carboxylic acids is 1. The van der Waals surface area contributed by atoms with Gasteiger partial charge in [-0.1, -0.05) is 20.8 Å². The number of amides is 1. The maximum Gasteiger partial charge on any atom is 0.226 e. The van der Waals surface area contributed by atoms with Crippen molar-refractivity contribution in [3.63, 3.8) is 0 Å². The third-order valence-corrected chi connectivity index (χ3v) is 5.76. The van der Waals surface area contributed by atoms with Crippen molar-refractivity contribution in [1.29, 1.82) is 0 Å². The van der Waals surface area contributed by atoms with Crippen LogP contribution in [0.5, 0.6) is 0 Å². The first kappa shape index (κ1) is 18.1. The van der Waals surface area contributed by atoms with Crippen LogP contribution >= 0.6 is 0 Å². The maximum absolute atomic E-state index is 13.1. The number of alkyl halides is 1. The zero-order valence-corrected chi connectivity index (χ0v) is 15.4. The van der Waals surface area contributed by atoms with E-state index in [1.807, 2.05) is 13.0 Å². The van der Waals surface area contributed by atoms with Gasteiger partial charge in [0.15, 0.2) is 0 Å². The Kier molecular flexibility index (Phi) is 4.98. The number of hydrogen-bond donors (Lipinski definition) is 2. The normalized spacial score (nSPS) is 27.3. The van der Waals surface area contributed by atoms with E-state index in [1.54, 1.807) is 6.33 Å². The summed E-state index contributed by atoms with van der Waals surface area (Å²) in [6, 6.07) is 2.01. The minimum Gasteiger partial charge on any atom is -0.364 e. The Balaban J connectivity index is 1.53. The smallest absolute Gasteiger partial charge is 0.226 e. The van der Waals surface area contributed by atoms with Gasteiger partial charge in [0.05, 0.1) is 5.41 Å². The van der Waals surface area contributed by atoms with Crippen LogP contribution in [0.2, 0.25) is 0 Å².